The van der Waals surface area contributed by atoms with Crippen LogP contribution in [0.4, 0.5) is 10.1 Å². The van der Waals surface area contributed by atoms with E-state index in [9.17, 15) is 28.7 Å². The number of carbonyl (C=O) groups is 4. The number of rotatable bonds is 8. The first-order valence-corrected chi connectivity index (χ1v) is 8.61. The lowest BCUT2D eigenvalue weighted by atomic mass is 10.1. The largest absolute Gasteiger partial charge is 0.550 e. The van der Waals surface area contributed by atoms with Crippen LogP contribution in [-0.4, -0.2) is 42.8 Å². The molecule has 3 amide bonds. The average molecular weight is 378 g/mol. The van der Waals surface area contributed by atoms with Crippen LogP contribution in [0.1, 0.15) is 26.2 Å². The fraction of sp³-hybridized carbons (Fsp3) is 0.444. The molecule has 27 heavy (non-hydrogen) atoms. The Balaban J connectivity index is 1.83. The van der Waals surface area contributed by atoms with E-state index in [1.165, 1.54) is 36.1 Å². The highest BCUT2D eigenvalue weighted by Crippen LogP contribution is 2.25. The number of hydrogen-bond acceptors (Lipinski definition) is 5. The number of benzene rings is 1. The first-order valence-electron chi connectivity index (χ1n) is 8.61. The lowest BCUT2D eigenvalue weighted by molar-refractivity contribution is -0.305. The van der Waals surface area contributed by atoms with Gasteiger partial charge >= 0.3 is 0 Å². The van der Waals surface area contributed by atoms with Gasteiger partial charge in [0.25, 0.3) is 0 Å². The standard InChI is InChI=1S/C18H22FN3O5/c1-11(17(26)20-8-2-3-16(24)25)21-18(27)12-9-15(23)22(10-12)14-6-4-13(19)5-7-14/h4-7,11-12H,2-3,8-10H2,1H3,(H,20,26)(H,21,27)(H,24,25)/p-1/t11-,12-/m0/s1. The number of nitrogens with one attached hydrogen (secondary N) is 2. The number of carboxylic acid groups (broad SMARTS) is 1. The second-order valence-corrected chi connectivity index (χ2v) is 6.38. The van der Waals surface area contributed by atoms with Gasteiger partial charge in [-0.05, 0) is 44.0 Å². The molecule has 2 N–H and O–H groups in total. The molecule has 1 aliphatic heterocycles. The van der Waals surface area contributed by atoms with Crippen molar-refractivity contribution in [1.29, 1.82) is 0 Å². The highest BCUT2D eigenvalue weighted by atomic mass is 19.1. The normalized spacial score (nSPS) is 17.5. The molecular formula is C18H21FN3O5-. The molecule has 8 nitrogen and oxygen atoms in total. The van der Waals surface area contributed by atoms with Crippen molar-refractivity contribution in [2.45, 2.75) is 32.2 Å². The summed E-state index contributed by atoms with van der Waals surface area (Å²) in [5, 5.41) is 15.4. The highest BCUT2D eigenvalue weighted by Gasteiger charge is 2.36. The molecule has 2 rings (SSSR count). The molecule has 0 unspecified atom stereocenters. The molecule has 1 saturated heterocycles. The summed E-state index contributed by atoms with van der Waals surface area (Å²) >= 11 is 0. The minimum atomic E-state index is -1.19. The molecule has 9 heteroatoms. The summed E-state index contributed by atoms with van der Waals surface area (Å²) in [7, 11) is 0. The molecule has 0 spiro atoms. The second-order valence-electron chi connectivity index (χ2n) is 6.38. The van der Waals surface area contributed by atoms with Crippen LogP contribution < -0.4 is 20.6 Å². The molecule has 0 bridgehead atoms. The lowest BCUT2D eigenvalue weighted by Crippen LogP contribution is -2.47. The second kappa shape index (κ2) is 9.11. The molecule has 1 aromatic carbocycles. The third-order valence-corrected chi connectivity index (χ3v) is 4.24. The topological polar surface area (TPSA) is 119 Å². The van der Waals surface area contributed by atoms with Gasteiger partial charge in [0.1, 0.15) is 11.9 Å². The Labute approximate surface area is 155 Å². The Kier molecular flexibility index (Phi) is 6.86. The van der Waals surface area contributed by atoms with Gasteiger partial charge in [0.05, 0.1) is 5.92 Å². The summed E-state index contributed by atoms with van der Waals surface area (Å²) in [6, 6.07) is 4.59. The van der Waals surface area contributed by atoms with Crippen molar-refractivity contribution in [1.82, 2.24) is 10.6 Å². The molecular weight excluding hydrogens is 357 g/mol. The van der Waals surface area contributed by atoms with Crippen LogP contribution in [0.15, 0.2) is 24.3 Å². The van der Waals surface area contributed by atoms with Gasteiger partial charge in [0.15, 0.2) is 0 Å². The van der Waals surface area contributed by atoms with E-state index in [1.807, 2.05) is 0 Å². The Morgan fingerprint density at radius 1 is 1.30 bits per heavy atom. The zero-order chi connectivity index (χ0) is 20.0. The Morgan fingerprint density at radius 3 is 2.59 bits per heavy atom. The summed E-state index contributed by atoms with van der Waals surface area (Å²) in [6.45, 7) is 1.81. The monoisotopic (exact) mass is 378 g/mol. The summed E-state index contributed by atoms with van der Waals surface area (Å²) in [4.78, 5) is 48.1. The van der Waals surface area contributed by atoms with Crippen molar-refractivity contribution in [3.63, 3.8) is 0 Å². The maximum Gasteiger partial charge on any atom is 0.242 e. The quantitative estimate of drug-likeness (QED) is 0.582. The predicted molar refractivity (Wildman–Crippen MR) is 91.7 cm³/mol. The van der Waals surface area contributed by atoms with Crippen LogP contribution in [-0.2, 0) is 19.2 Å². The number of carbonyl (C=O) groups excluding carboxylic acids is 4. The van der Waals surface area contributed by atoms with E-state index in [0.29, 0.717) is 5.69 Å². The van der Waals surface area contributed by atoms with Crippen LogP contribution in [0.3, 0.4) is 0 Å². The molecule has 146 valence electrons. The van der Waals surface area contributed by atoms with Gasteiger partial charge in [-0.1, -0.05) is 0 Å². The van der Waals surface area contributed by atoms with Crippen molar-refractivity contribution in [3.8, 4) is 0 Å². The van der Waals surface area contributed by atoms with Gasteiger partial charge in [-0.3, -0.25) is 14.4 Å². The van der Waals surface area contributed by atoms with Crippen LogP contribution >= 0.6 is 0 Å². The molecule has 0 saturated carbocycles. The van der Waals surface area contributed by atoms with E-state index in [0.717, 1.165) is 0 Å². The summed E-state index contributed by atoms with van der Waals surface area (Å²) in [5.41, 5.74) is 0.510. The van der Waals surface area contributed by atoms with E-state index in [1.54, 1.807) is 0 Å². The minimum Gasteiger partial charge on any atom is -0.550 e. The molecule has 1 aliphatic rings. The first kappa shape index (κ1) is 20.3. The van der Waals surface area contributed by atoms with Crippen molar-refractivity contribution in [3.05, 3.63) is 30.1 Å². The smallest absolute Gasteiger partial charge is 0.242 e. The summed E-state index contributed by atoms with van der Waals surface area (Å²) in [5.74, 6) is -3.34. The zero-order valence-electron chi connectivity index (χ0n) is 14.9. The van der Waals surface area contributed by atoms with Crippen molar-refractivity contribution < 1.29 is 28.7 Å². The fourth-order valence-corrected chi connectivity index (χ4v) is 2.75. The number of hydrogen-bond donors (Lipinski definition) is 2. The molecule has 2 atom stereocenters. The maximum atomic E-state index is 13.0. The van der Waals surface area contributed by atoms with Crippen molar-refractivity contribution in [2.75, 3.05) is 18.0 Å². The van der Waals surface area contributed by atoms with Gasteiger partial charge < -0.3 is 25.4 Å². The molecule has 0 aliphatic carbocycles. The highest BCUT2D eigenvalue weighted by molar-refractivity contribution is 6.01. The zero-order valence-corrected chi connectivity index (χ0v) is 14.9. The van der Waals surface area contributed by atoms with Gasteiger partial charge in [-0.25, -0.2) is 4.39 Å². The molecule has 1 aromatic rings. The van der Waals surface area contributed by atoms with E-state index in [2.05, 4.69) is 10.6 Å². The van der Waals surface area contributed by atoms with E-state index < -0.39 is 35.6 Å². The van der Waals surface area contributed by atoms with Crippen molar-refractivity contribution in [2.24, 2.45) is 5.92 Å². The summed E-state index contributed by atoms with van der Waals surface area (Å²) in [6.07, 6.45) is 0.0755. The number of aliphatic carboxylic acids is 1. The van der Waals surface area contributed by atoms with Crippen LogP contribution in [0.5, 0.6) is 0 Å². The van der Waals surface area contributed by atoms with E-state index in [-0.39, 0.29) is 38.3 Å². The predicted octanol–water partition coefficient (Wildman–Crippen LogP) is -0.670. The van der Waals surface area contributed by atoms with Gasteiger partial charge in [-0.15, -0.1) is 0 Å². The number of amides is 3. The number of carboxylic acids is 1. The lowest BCUT2D eigenvalue weighted by Gasteiger charge is -2.18. The minimum absolute atomic E-state index is 0.00314. The van der Waals surface area contributed by atoms with Crippen LogP contribution in [0.2, 0.25) is 0 Å². The summed E-state index contributed by atoms with van der Waals surface area (Å²) < 4.78 is 13.0. The Bertz CT molecular complexity index is 722. The Morgan fingerprint density at radius 2 is 1.96 bits per heavy atom. The van der Waals surface area contributed by atoms with E-state index in [4.69, 9.17) is 0 Å². The van der Waals surface area contributed by atoms with Crippen LogP contribution in [0.25, 0.3) is 0 Å². The van der Waals surface area contributed by atoms with E-state index >= 15 is 0 Å². The third-order valence-electron chi connectivity index (χ3n) is 4.24. The van der Waals surface area contributed by atoms with Gasteiger partial charge in [0, 0.05) is 31.2 Å². The number of nitrogens with zero attached hydrogens (tertiary/aromatic N) is 1. The fourth-order valence-electron chi connectivity index (χ4n) is 2.75. The maximum absolute atomic E-state index is 13.0. The Hall–Kier alpha value is -2.97. The molecule has 1 fully saturated rings. The molecule has 1 heterocycles. The number of halogens is 1. The SMILES string of the molecule is C[C@H](NC(=O)[C@H]1CC(=O)N(c2ccc(F)cc2)C1)C(=O)NCCCC(=O)[O-]. The number of anilines is 1. The molecule has 0 aromatic heterocycles. The first-order chi connectivity index (χ1) is 12.8. The van der Waals surface area contributed by atoms with Crippen molar-refractivity contribution >= 4 is 29.4 Å². The third kappa shape index (κ3) is 5.77. The van der Waals surface area contributed by atoms with Gasteiger partial charge in [0.2, 0.25) is 17.7 Å². The van der Waals surface area contributed by atoms with Crippen LogP contribution in [0, 0.1) is 11.7 Å². The molecule has 0 radical (unpaired) electrons. The van der Waals surface area contributed by atoms with Gasteiger partial charge in [-0.2, -0.15) is 0 Å². The average Bonchev–Trinajstić information content (AvgIpc) is 3.01.